The second-order valence-corrected chi connectivity index (χ2v) is 8.15. The number of nitrogens with one attached hydrogen (secondary N) is 1. The maximum Gasteiger partial charge on any atom is 0.326 e. The maximum atomic E-state index is 12.5. The molecule has 0 spiro atoms. The van der Waals surface area contributed by atoms with Gasteiger partial charge >= 0.3 is 5.97 Å². The van der Waals surface area contributed by atoms with Crippen LogP contribution < -0.4 is 10.1 Å². The molecule has 1 saturated heterocycles. The molecule has 0 radical (unpaired) electrons. The number of likely N-dealkylation sites (tertiary alicyclic amines) is 1. The van der Waals surface area contributed by atoms with Crippen LogP contribution in [-0.2, 0) is 16.0 Å². The van der Waals surface area contributed by atoms with E-state index in [1.807, 2.05) is 0 Å². The molecule has 2 atom stereocenters. The normalized spacial score (nSPS) is 16.5. The number of rotatable bonds is 8. The standard InChI is InChI=1S/C22H22Cl2N2O6/c23-16-2-1-3-17(24)20(16)21(29)25-18(22(30)31)10-13-4-6-14(7-5-13)32-15-8-9-26(11-15)19(28)12-27/h1-7,15,18,27H,8-12H2,(H,25,29)(H,30,31)/t15-,18+/m1/s1. The van der Waals surface area contributed by atoms with Gasteiger partial charge in [0, 0.05) is 19.4 Å². The van der Waals surface area contributed by atoms with Crippen molar-refractivity contribution in [1.82, 2.24) is 10.2 Å². The average molecular weight is 481 g/mol. The number of hydrogen-bond acceptors (Lipinski definition) is 5. The van der Waals surface area contributed by atoms with Crippen molar-refractivity contribution in [3.8, 4) is 5.75 Å². The summed E-state index contributed by atoms with van der Waals surface area (Å²) in [6.45, 7) is 0.405. The number of aliphatic hydroxyl groups is 1. The van der Waals surface area contributed by atoms with E-state index in [2.05, 4.69) is 5.32 Å². The number of carbonyl (C=O) groups is 3. The van der Waals surface area contributed by atoms with Gasteiger partial charge in [0.05, 0.1) is 22.2 Å². The van der Waals surface area contributed by atoms with Gasteiger partial charge in [0.2, 0.25) is 5.91 Å². The Morgan fingerprint density at radius 3 is 2.38 bits per heavy atom. The van der Waals surface area contributed by atoms with E-state index < -0.39 is 24.5 Å². The number of carboxylic acids is 1. The highest BCUT2D eigenvalue weighted by molar-refractivity contribution is 6.39. The van der Waals surface area contributed by atoms with Crippen molar-refractivity contribution in [3.63, 3.8) is 0 Å². The molecule has 0 unspecified atom stereocenters. The van der Waals surface area contributed by atoms with Crippen LogP contribution in [-0.4, -0.2) is 64.7 Å². The summed E-state index contributed by atoms with van der Waals surface area (Å²) in [6.07, 6.45) is 0.527. The van der Waals surface area contributed by atoms with E-state index in [-0.39, 0.29) is 34.0 Å². The summed E-state index contributed by atoms with van der Waals surface area (Å²) in [5.74, 6) is -1.61. The predicted molar refractivity (Wildman–Crippen MR) is 118 cm³/mol. The lowest BCUT2D eigenvalue weighted by Gasteiger charge is -2.17. The zero-order chi connectivity index (χ0) is 23.3. The van der Waals surface area contributed by atoms with Crippen LogP contribution in [0.25, 0.3) is 0 Å². The quantitative estimate of drug-likeness (QED) is 0.534. The molecule has 2 aromatic carbocycles. The van der Waals surface area contributed by atoms with Gasteiger partial charge in [0.25, 0.3) is 5.91 Å². The molecule has 0 aromatic heterocycles. The monoisotopic (exact) mass is 480 g/mol. The fourth-order valence-corrected chi connectivity index (χ4v) is 4.00. The van der Waals surface area contributed by atoms with Gasteiger partial charge in [-0.2, -0.15) is 0 Å². The van der Waals surface area contributed by atoms with Crippen molar-refractivity contribution < 1.29 is 29.3 Å². The van der Waals surface area contributed by atoms with Crippen molar-refractivity contribution >= 4 is 41.0 Å². The van der Waals surface area contributed by atoms with Crippen LogP contribution in [0.4, 0.5) is 0 Å². The van der Waals surface area contributed by atoms with Crippen LogP contribution in [0.3, 0.4) is 0 Å². The Hall–Kier alpha value is -2.81. The molecule has 0 aliphatic carbocycles. The van der Waals surface area contributed by atoms with E-state index in [1.165, 1.54) is 12.1 Å². The first-order chi connectivity index (χ1) is 15.3. The van der Waals surface area contributed by atoms with Gasteiger partial charge in [-0.3, -0.25) is 9.59 Å². The number of halogens is 2. The van der Waals surface area contributed by atoms with Crippen molar-refractivity contribution in [2.24, 2.45) is 0 Å². The molecule has 0 saturated carbocycles. The lowest BCUT2D eigenvalue weighted by atomic mass is 10.0. The smallest absolute Gasteiger partial charge is 0.326 e. The number of hydrogen-bond donors (Lipinski definition) is 3. The molecule has 2 amide bonds. The zero-order valence-corrected chi connectivity index (χ0v) is 18.5. The Balaban J connectivity index is 1.60. The highest BCUT2D eigenvalue weighted by atomic mass is 35.5. The minimum atomic E-state index is -1.19. The number of aliphatic carboxylic acids is 1. The van der Waals surface area contributed by atoms with Crippen molar-refractivity contribution in [2.75, 3.05) is 19.7 Å². The average Bonchev–Trinajstić information content (AvgIpc) is 3.22. The summed E-state index contributed by atoms with van der Waals surface area (Å²) in [5, 5.41) is 21.2. The van der Waals surface area contributed by atoms with E-state index in [4.69, 9.17) is 33.0 Å². The highest BCUT2D eigenvalue weighted by Gasteiger charge is 2.27. The lowest BCUT2D eigenvalue weighted by molar-refractivity contribution is -0.139. The van der Waals surface area contributed by atoms with Crippen molar-refractivity contribution in [1.29, 1.82) is 0 Å². The van der Waals surface area contributed by atoms with E-state index >= 15 is 0 Å². The number of ether oxygens (including phenoxy) is 1. The zero-order valence-electron chi connectivity index (χ0n) is 17.0. The Kier molecular flexibility index (Phi) is 7.95. The van der Waals surface area contributed by atoms with E-state index in [0.717, 1.165) is 0 Å². The van der Waals surface area contributed by atoms with Gasteiger partial charge in [-0.1, -0.05) is 41.4 Å². The van der Waals surface area contributed by atoms with E-state index in [0.29, 0.717) is 30.8 Å². The summed E-state index contributed by atoms with van der Waals surface area (Å²) < 4.78 is 5.87. The Morgan fingerprint density at radius 2 is 1.78 bits per heavy atom. The molecule has 1 heterocycles. The third-order valence-corrected chi connectivity index (χ3v) is 5.72. The molecule has 0 bridgehead atoms. The first kappa shape index (κ1) is 23.8. The molecular weight excluding hydrogens is 459 g/mol. The Morgan fingerprint density at radius 1 is 1.12 bits per heavy atom. The van der Waals surface area contributed by atoms with Gasteiger partial charge in [-0.05, 0) is 29.8 Å². The summed E-state index contributed by atoms with van der Waals surface area (Å²) in [5.41, 5.74) is 0.704. The van der Waals surface area contributed by atoms with Crippen molar-refractivity contribution in [2.45, 2.75) is 25.0 Å². The number of carboxylic acid groups (broad SMARTS) is 1. The van der Waals surface area contributed by atoms with Crippen LogP contribution in [0.15, 0.2) is 42.5 Å². The molecule has 1 aliphatic rings. The van der Waals surface area contributed by atoms with Gasteiger partial charge in [0.15, 0.2) is 0 Å². The number of benzene rings is 2. The molecule has 3 rings (SSSR count). The minimum Gasteiger partial charge on any atom is -0.489 e. The molecule has 8 nitrogen and oxygen atoms in total. The van der Waals surface area contributed by atoms with Crippen LogP contribution in [0.5, 0.6) is 5.75 Å². The molecule has 1 aliphatic heterocycles. The molecule has 1 fully saturated rings. The minimum absolute atomic E-state index is 0.0242. The fourth-order valence-electron chi connectivity index (χ4n) is 3.43. The lowest BCUT2D eigenvalue weighted by Crippen LogP contribution is -2.42. The third-order valence-electron chi connectivity index (χ3n) is 5.09. The first-order valence-corrected chi connectivity index (χ1v) is 10.7. The van der Waals surface area contributed by atoms with Gasteiger partial charge in [-0.15, -0.1) is 0 Å². The number of amides is 2. The first-order valence-electron chi connectivity index (χ1n) is 9.90. The Bertz CT molecular complexity index is 978. The van der Waals surface area contributed by atoms with E-state index in [1.54, 1.807) is 35.2 Å². The molecule has 2 aromatic rings. The molecule has 10 heteroatoms. The highest BCUT2D eigenvalue weighted by Crippen LogP contribution is 2.24. The van der Waals surface area contributed by atoms with Crippen LogP contribution in [0, 0.1) is 0 Å². The Labute approximate surface area is 194 Å². The van der Waals surface area contributed by atoms with Gasteiger partial charge < -0.3 is 25.2 Å². The number of nitrogens with zero attached hydrogens (tertiary/aromatic N) is 1. The van der Waals surface area contributed by atoms with Gasteiger partial charge in [-0.25, -0.2) is 4.79 Å². The molecule has 3 N–H and O–H groups in total. The fraction of sp³-hybridized carbons (Fsp3) is 0.318. The van der Waals surface area contributed by atoms with E-state index in [9.17, 15) is 19.5 Å². The predicted octanol–water partition coefficient (Wildman–Crippen LogP) is 2.39. The van der Waals surface area contributed by atoms with Crippen LogP contribution in [0.1, 0.15) is 22.3 Å². The van der Waals surface area contributed by atoms with Crippen molar-refractivity contribution in [3.05, 3.63) is 63.6 Å². The van der Waals surface area contributed by atoms with Crippen LogP contribution in [0.2, 0.25) is 10.0 Å². The summed E-state index contributed by atoms with van der Waals surface area (Å²) in [7, 11) is 0. The third kappa shape index (κ3) is 5.91. The van der Waals surface area contributed by atoms with Gasteiger partial charge in [0.1, 0.15) is 24.5 Å². The largest absolute Gasteiger partial charge is 0.489 e. The second kappa shape index (κ2) is 10.7. The maximum absolute atomic E-state index is 12.5. The van der Waals surface area contributed by atoms with Crippen LogP contribution >= 0.6 is 23.2 Å². The molecule has 32 heavy (non-hydrogen) atoms. The number of carbonyl (C=O) groups excluding carboxylic acids is 2. The molecule has 170 valence electrons. The second-order valence-electron chi connectivity index (χ2n) is 7.34. The topological polar surface area (TPSA) is 116 Å². The number of aliphatic hydroxyl groups excluding tert-OH is 1. The summed E-state index contributed by atoms with van der Waals surface area (Å²) in [4.78, 5) is 37.3. The molecular formula is C22H22Cl2N2O6. The SMILES string of the molecule is O=C(N[C@@H](Cc1ccc(O[C@@H]2CCN(C(=O)CO)C2)cc1)C(=O)O)c1c(Cl)cccc1Cl. The summed E-state index contributed by atoms with van der Waals surface area (Å²) in [6, 6.07) is 10.2. The summed E-state index contributed by atoms with van der Waals surface area (Å²) >= 11 is 12.1.